The van der Waals surface area contributed by atoms with Gasteiger partial charge in [-0.15, -0.1) is 0 Å². The first-order valence-corrected chi connectivity index (χ1v) is 6.45. The summed E-state index contributed by atoms with van der Waals surface area (Å²) >= 11 is 0. The number of aryl methyl sites for hydroxylation is 1. The molecule has 0 atom stereocenters. The van der Waals surface area contributed by atoms with Gasteiger partial charge in [0.2, 0.25) is 0 Å². The molecule has 0 saturated carbocycles. The van der Waals surface area contributed by atoms with E-state index >= 15 is 0 Å². The van der Waals surface area contributed by atoms with Gasteiger partial charge in [0, 0.05) is 12.1 Å². The molecule has 0 fully saturated rings. The summed E-state index contributed by atoms with van der Waals surface area (Å²) in [6.45, 7) is 8.19. The van der Waals surface area contributed by atoms with Crippen molar-refractivity contribution in [2.24, 2.45) is 5.73 Å². The summed E-state index contributed by atoms with van der Waals surface area (Å²) in [5.74, 6) is 0.947. The van der Waals surface area contributed by atoms with E-state index in [1.807, 2.05) is 6.07 Å². The van der Waals surface area contributed by atoms with E-state index in [4.69, 9.17) is 10.5 Å². The summed E-state index contributed by atoms with van der Waals surface area (Å²) in [5.41, 5.74) is 8.28. The molecule has 0 spiro atoms. The molecule has 3 nitrogen and oxygen atoms in total. The van der Waals surface area contributed by atoms with Crippen LogP contribution < -0.4 is 10.5 Å². The summed E-state index contributed by atoms with van der Waals surface area (Å²) in [5, 5.41) is 0. The van der Waals surface area contributed by atoms with Crippen LogP contribution in [-0.2, 0) is 6.54 Å². The number of nitrogens with zero attached hydrogens (tertiary/aromatic N) is 1. The molecular weight excluding hydrogens is 224 g/mol. The maximum absolute atomic E-state index is 5.66. The van der Waals surface area contributed by atoms with Gasteiger partial charge in [-0.2, -0.15) is 0 Å². The van der Waals surface area contributed by atoms with E-state index in [9.17, 15) is 0 Å². The Balaban J connectivity index is 2.76. The highest BCUT2D eigenvalue weighted by Crippen LogP contribution is 2.22. The van der Waals surface area contributed by atoms with Gasteiger partial charge < -0.3 is 10.5 Å². The van der Waals surface area contributed by atoms with Crippen LogP contribution in [-0.4, -0.2) is 31.1 Å². The lowest BCUT2D eigenvalue weighted by molar-refractivity contribution is 0.140. The number of nitrogens with two attached hydrogens (primary N) is 1. The van der Waals surface area contributed by atoms with Gasteiger partial charge in [0.25, 0.3) is 0 Å². The van der Waals surface area contributed by atoms with Gasteiger partial charge in [0.1, 0.15) is 5.75 Å². The van der Waals surface area contributed by atoms with Crippen LogP contribution in [0.1, 0.15) is 31.4 Å². The Morgan fingerprint density at radius 2 is 2.00 bits per heavy atom. The lowest BCUT2D eigenvalue weighted by Crippen LogP contribution is -2.42. The van der Waals surface area contributed by atoms with Crippen LogP contribution >= 0.6 is 0 Å². The zero-order valence-electron chi connectivity index (χ0n) is 12.3. The van der Waals surface area contributed by atoms with Crippen LogP contribution in [0.25, 0.3) is 0 Å². The molecule has 0 heterocycles. The van der Waals surface area contributed by atoms with Crippen LogP contribution in [0.5, 0.6) is 5.75 Å². The van der Waals surface area contributed by atoms with Crippen LogP contribution in [0, 0.1) is 6.92 Å². The topological polar surface area (TPSA) is 38.5 Å². The number of benzene rings is 1. The predicted octanol–water partition coefficient (Wildman–Crippen LogP) is 2.56. The number of ether oxygens (including phenoxy) is 1. The average Bonchev–Trinajstić information content (AvgIpc) is 2.29. The number of hydrogen-bond acceptors (Lipinski definition) is 3. The zero-order valence-corrected chi connectivity index (χ0v) is 12.3. The molecular formula is C15H26N2O. The Bertz CT molecular complexity index is 388. The van der Waals surface area contributed by atoms with E-state index in [0.29, 0.717) is 0 Å². The minimum atomic E-state index is 0.128. The first-order valence-electron chi connectivity index (χ1n) is 6.45. The molecule has 1 rings (SSSR count). The molecule has 0 saturated heterocycles. The van der Waals surface area contributed by atoms with Gasteiger partial charge in [0.05, 0.1) is 7.11 Å². The maximum Gasteiger partial charge on any atom is 0.121 e. The molecule has 18 heavy (non-hydrogen) atoms. The lowest BCUT2D eigenvalue weighted by Gasteiger charge is -2.35. The van der Waals surface area contributed by atoms with Crippen LogP contribution in [0.15, 0.2) is 18.2 Å². The third-order valence-electron chi connectivity index (χ3n) is 3.67. The van der Waals surface area contributed by atoms with Crippen molar-refractivity contribution in [3.05, 3.63) is 29.3 Å². The molecule has 1 aromatic rings. The summed E-state index contributed by atoms with van der Waals surface area (Å²) in [6, 6.07) is 6.35. The third-order valence-corrected chi connectivity index (χ3v) is 3.67. The maximum atomic E-state index is 5.66. The van der Waals surface area contributed by atoms with Crippen molar-refractivity contribution in [1.82, 2.24) is 4.90 Å². The summed E-state index contributed by atoms with van der Waals surface area (Å²) < 4.78 is 5.28. The summed E-state index contributed by atoms with van der Waals surface area (Å²) in [6.07, 6.45) is 0.999. The fourth-order valence-corrected chi connectivity index (χ4v) is 2.07. The van der Waals surface area contributed by atoms with Crippen molar-refractivity contribution in [3.8, 4) is 5.75 Å². The zero-order chi connectivity index (χ0) is 13.8. The predicted molar refractivity (Wildman–Crippen MR) is 76.9 cm³/mol. The van der Waals surface area contributed by atoms with E-state index in [2.05, 4.69) is 44.9 Å². The monoisotopic (exact) mass is 250 g/mol. The highest BCUT2D eigenvalue weighted by molar-refractivity contribution is 5.36. The van der Waals surface area contributed by atoms with Gasteiger partial charge in [-0.3, -0.25) is 4.90 Å². The molecule has 0 unspecified atom stereocenters. The summed E-state index contributed by atoms with van der Waals surface area (Å²) in [4.78, 5) is 2.35. The van der Waals surface area contributed by atoms with Crippen LogP contribution in [0.4, 0.5) is 0 Å². The van der Waals surface area contributed by atoms with Gasteiger partial charge in [0.15, 0.2) is 0 Å². The van der Waals surface area contributed by atoms with Crippen LogP contribution in [0.2, 0.25) is 0 Å². The number of hydrogen-bond donors (Lipinski definition) is 1. The Kier molecular flexibility index (Phi) is 5.17. The van der Waals surface area contributed by atoms with E-state index < -0.39 is 0 Å². The van der Waals surface area contributed by atoms with Crippen molar-refractivity contribution >= 4 is 0 Å². The molecule has 0 amide bonds. The van der Waals surface area contributed by atoms with Crippen LogP contribution in [0.3, 0.4) is 0 Å². The van der Waals surface area contributed by atoms with Gasteiger partial charge in [-0.25, -0.2) is 0 Å². The highest BCUT2D eigenvalue weighted by Gasteiger charge is 2.22. The molecule has 0 aliphatic carbocycles. The number of rotatable bonds is 6. The second-order valence-electron chi connectivity index (χ2n) is 5.51. The fraction of sp³-hybridized carbons (Fsp3) is 0.600. The Hall–Kier alpha value is -1.06. The molecule has 0 aliphatic heterocycles. The van der Waals surface area contributed by atoms with Crippen molar-refractivity contribution in [2.75, 3.05) is 20.7 Å². The van der Waals surface area contributed by atoms with E-state index in [1.165, 1.54) is 11.1 Å². The van der Waals surface area contributed by atoms with Gasteiger partial charge >= 0.3 is 0 Å². The molecule has 0 bridgehead atoms. The average molecular weight is 250 g/mol. The molecule has 102 valence electrons. The first-order chi connectivity index (χ1) is 8.40. The van der Waals surface area contributed by atoms with E-state index in [0.717, 1.165) is 25.3 Å². The quantitative estimate of drug-likeness (QED) is 0.843. The minimum absolute atomic E-state index is 0.128. The third kappa shape index (κ3) is 3.72. The standard InChI is InChI=1S/C15H26N2O/c1-12-10-13(6-7-14(12)18-5)11-17(4)15(2,3)8-9-16/h6-7,10H,8-9,11,16H2,1-5H3. The first kappa shape index (κ1) is 15.0. The van der Waals surface area contributed by atoms with Crippen molar-refractivity contribution in [2.45, 2.75) is 39.3 Å². The van der Waals surface area contributed by atoms with E-state index in [-0.39, 0.29) is 5.54 Å². The fourth-order valence-electron chi connectivity index (χ4n) is 2.07. The van der Waals surface area contributed by atoms with Crippen molar-refractivity contribution in [1.29, 1.82) is 0 Å². The second kappa shape index (κ2) is 6.21. The molecule has 0 aliphatic rings. The molecule has 0 radical (unpaired) electrons. The van der Waals surface area contributed by atoms with E-state index in [1.54, 1.807) is 7.11 Å². The minimum Gasteiger partial charge on any atom is -0.496 e. The van der Waals surface area contributed by atoms with Crippen molar-refractivity contribution in [3.63, 3.8) is 0 Å². The lowest BCUT2D eigenvalue weighted by atomic mass is 9.98. The Labute approximate surface area is 111 Å². The van der Waals surface area contributed by atoms with Crippen molar-refractivity contribution < 1.29 is 4.74 Å². The second-order valence-corrected chi connectivity index (χ2v) is 5.51. The van der Waals surface area contributed by atoms with Gasteiger partial charge in [-0.1, -0.05) is 12.1 Å². The molecule has 3 heteroatoms. The largest absolute Gasteiger partial charge is 0.496 e. The van der Waals surface area contributed by atoms with Gasteiger partial charge in [-0.05, 0) is 58.0 Å². The smallest absolute Gasteiger partial charge is 0.121 e. The Morgan fingerprint density at radius 3 is 2.50 bits per heavy atom. The summed E-state index contributed by atoms with van der Waals surface area (Å²) in [7, 11) is 3.85. The normalized spacial score (nSPS) is 11.9. The SMILES string of the molecule is COc1ccc(CN(C)C(C)(C)CCN)cc1C. The molecule has 0 aromatic heterocycles. The Morgan fingerprint density at radius 1 is 1.33 bits per heavy atom. The molecule has 1 aromatic carbocycles. The molecule has 2 N–H and O–H groups in total. The number of methoxy groups -OCH3 is 1. The highest BCUT2D eigenvalue weighted by atomic mass is 16.5.